The Bertz CT molecular complexity index is 1090. The first-order valence-electron chi connectivity index (χ1n) is 11.1. The Hall–Kier alpha value is -2.91. The highest BCUT2D eigenvalue weighted by atomic mass is 32.2. The molecule has 0 radical (unpaired) electrons. The third-order valence-electron chi connectivity index (χ3n) is 5.64. The van der Waals surface area contributed by atoms with E-state index in [0.717, 1.165) is 19.3 Å². The quantitative estimate of drug-likeness (QED) is 0.612. The molecule has 1 saturated heterocycles. The number of piperidine rings is 1. The molecule has 3 rings (SSSR count). The van der Waals surface area contributed by atoms with Gasteiger partial charge in [-0.15, -0.1) is 0 Å². The number of hydrogen-bond acceptors (Lipinski definition) is 5. The van der Waals surface area contributed by atoms with Crippen LogP contribution in [0.4, 0.5) is 5.69 Å². The molecule has 2 aromatic carbocycles. The Balaban J connectivity index is 1.75. The van der Waals surface area contributed by atoms with Crippen molar-refractivity contribution in [2.45, 2.75) is 44.0 Å². The zero-order valence-electron chi connectivity index (χ0n) is 19.2. The number of ether oxygens (including phenoxy) is 1. The first-order chi connectivity index (χ1) is 15.7. The molecule has 1 fully saturated rings. The highest BCUT2D eigenvalue weighted by Crippen LogP contribution is 2.23. The third kappa shape index (κ3) is 5.91. The zero-order chi connectivity index (χ0) is 24.0. The monoisotopic (exact) mass is 473 g/mol. The lowest BCUT2D eigenvalue weighted by Gasteiger charge is -2.26. The van der Waals surface area contributed by atoms with Crippen molar-refractivity contribution >= 4 is 27.5 Å². The smallest absolute Gasteiger partial charge is 0.255 e. The van der Waals surface area contributed by atoms with E-state index in [4.69, 9.17) is 4.74 Å². The molecule has 1 heterocycles. The Morgan fingerprint density at radius 1 is 1.00 bits per heavy atom. The van der Waals surface area contributed by atoms with E-state index in [9.17, 15) is 18.0 Å². The third-order valence-corrected chi connectivity index (χ3v) is 7.54. The number of benzene rings is 2. The van der Waals surface area contributed by atoms with Crippen LogP contribution >= 0.6 is 0 Å². The lowest BCUT2D eigenvalue weighted by atomic mass is 10.0. The number of nitrogens with one attached hydrogen (secondary N) is 2. The SMILES string of the molecule is COc1ccccc1C(=O)N[C@H](C(=O)Nc1cccc(S(=O)(=O)N2CCCCC2)c1)C(C)C. The summed E-state index contributed by atoms with van der Waals surface area (Å²) < 4.78 is 32.7. The van der Waals surface area contributed by atoms with Gasteiger partial charge in [0.15, 0.2) is 0 Å². The Kier molecular flexibility index (Phi) is 8.10. The number of anilines is 1. The molecule has 2 N–H and O–H groups in total. The van der Waals surface area contributed by atoms with Gasteiger partial charge in [-0.2, -0.15) is 4.31 Å². The van der Waals surface area contributed by atoms with Gasteiger partial charge in [0.2, 0.25) is 15.9 Å². The summed E-state index contributed by atoms with van der Waals surface area (Å²) in [7, 11) is -2.15. The van der Waals surface area contributed by atoms with Gasteiger partial charge in [0, 0.05) is 18.8 Å². The average Bonchev–Trinajstić information content (AvgIpc) is 2.82. The molecular formula is C24H31N3O5S. The van der Waals surface area contributed by atoms with Gasteiger partial charge in [-0.3, -0.25) is 9.59 Å². The van der Waals surface area contributed by atoms with E-state index in [1.165, 1.54) is 23.5 Å². The summed E-state index contributed by atoms with van der Waals surface area (Å²) in [6, 6.07) is 12.2. The number of para-hydroxylation sites is 1. The van der Waals surface area contributed by atoms with Crippen LogP contribution in [0.2, 0.25) is 0 Å². The number of amides is 2. The number of carbonyl (C=O) groups is 2. The molecule has 8 nitrogen and oxygen atoms in total. The minimum absolute atomic E-state index is 0.140. The van der Waals surface area contributed by atoms with E-state index in [1.807, 2.05) is 13.8 Å². The van der Waals surface area contributed by atoms with E-state index in [-0.39, 0.29) is 10.8 Å². The highest BCUT2D eigenvalue weighted by Gasteiger charge is 2.28. The molecule has 2 amide bonds. The number of carbonyl (C=O) groups excluding carboxylic acids is 2. The van der Waals surface area contributed by atoms with Gasteiger partial charge >= 0.3 is 0 Å². The van der Waals surface area contributed by atoms with Gasteiger partial charge in [-0.25, -0.2) is 8.42 Å². The maximum atomic E-state index is 13.0. The maximum Gasteiger partial charge on any atom is 0.255 e. The fraction of sp³-hybridized carbons (Fsp3) is 0.417. The summed E-state index contributed by atoms with van der Waals surface area (Å²) in [4.78, 5) is 26.0. The second kappa shape index (κ2) is 10.8. The van der Waals surface area contributed by atoms with Crippen molar-refractivity contribution in [3.8, 4) is 5.75 Å². The van der Waals surface area contributed by atoms with Gasteiger partial charge in [-0.1, -0.05) is 38.5 Å². The Morgan fingerprint density at radius 3 is 2.36 bits per heavy atom. The first kappa shape index (κ1) is 24.7. The molecule has 178 valence electrons. The van der Waals surface area contributed by atoms with Crippen molar-refractivity contribution in [2.75, 3.05) is 25.5 Å². The number of methoxy groups -OCH3 is 1. The molecule has 1 atom stereocenters. The molecular weight excluding hydrogens is 442 g/mol. The summed E-state index contributed by atoms with van der Waals surface area (Å²) in [6.07, 6.45) is 2.72. The molecule has 1 aliphatic heterocycles. The largest absolute Gasteiger partial charge is 0.496 e. The minimum atomic E-state index is -3.62. The second-order valence-electron chi connectivity index (χ2n) is 8.38. The van der Waals surface area contributed by atoms with Crippen molar-refractivity contribution < 1.29 is 22.7 Å². The molecule has 0 aromatic heterocycles. The van der Waals surface area contributed by atoms with Crippen LogP contribution in [-0.2, 0) is 14.8 Å². The normalized spacial score (nSPS) is 15.6. The van der Waals surface area contributed by atoms with Crippen LogP contribution in [0.25, 0.3) is 0 Å². The summed E-state index contributed by atoms with van der Waals surface area (Å²) in [5.74, 6) is -0.652. The summed E-state index contributed by atoms with van der Waals surface area (Å²) in [5, 5.41) is 5.52. The summed E-state index contributed by atoms with van der Waals surface area (Å²) in [5.41, 5.74) is 0.684. The lowest BCUT2D eigenvalue weighted by Crippen LogP contribution is -2.47. The molecule has 0 spiro atoms. The Labute approximate surface area is 195 Å². The first-order valence-corrected chi connectivity index (χ1v) is 12.5. The summed E-state index contributed by atoms with van der Waals surface area (Å²) >= 11 is 0. The van der Waals surface area contributed by atoms with E-state index >= 15 is 0 Å². The number of rotatable bonds is 8. The predicted molar refractivity (Wildman–Crippen MR) is 127 cm³/mol. The molecule has 0 aliphatic carbocycles. The van der Waals surface area contributed by atoms with Crippen LogP contribution in [0.5, 0.6) is 5.75 Å². The molecule has 2 aromatic rings. The minimum Gasteiger partial charge on any atom is -0.496 e. The van der Waals surface area contributed by atoms with Crippen LogP contribution in [0, 0.1) is 5.92 Å². The van der Waals surface area contributed by atoms with Crippen LogP contribution in [0.1, 0.15) is 43.5 Å². The fourth-order valence-corrected chi connectivity index (χ4v) is 5.36. The number of sulfonamides is 1. The predicted octanol–water partition coefficient (Wildman–Crippen LogP) is 3.26. The van der Waals surface area contributed by atoms with Gasteiger partial charge in [-0.05, 0) is 49.1 Å². The number of hydrogen-bond donors (Lipinski definition) is 2. The van der Waals surface area contributed by atoms with E-state index in [1.54, 1.807) is 36.4 Å². The van der Waals surface area contributed by atoms with Crippen molar-refractivity contribution in [1.82, 2.24) is 9.62 Å². The van der Waals surface area contributed by atoms with Crippen LogP contribution in [-0.4, -0.2) is 50.8 Å². The second-order valence-corrected chi connectivity index (χ2v) is 10.3. The van der Waals surface area contributed by atoms with Crippen LogP contribution in [0.3, 0.4) is 0 Å². The maximum absolute atomic E-state index is 13.0. The molecule has 0 unspecified atom stereocenters. The van der Waals surface area contributed by atoms with E-state index < -0.39 is 27.9 Å². The average molecular weight is 474 g/mol. The van der Waals surface area contributed by atoms with Crippen molar-refractivity contribution in [1.29, 1.82) is 0 Å². The van der Waals surface area contributed by atoms with Crippen LogP contribution < -0.4 is 15.4 Å². The number of nitrogens with zero attached hydrogens (tertiary/aromatic N) is 1. The van der Waals surface area contributed by atoms with Gasteiger partial charge < -0.3 is 15.4 Å². The fourth-order valence-electron chi connectivity index (χ4n) is 3.79. The van der Waals surface area contributed by atoms with Gasteiger partial charge in [0.25, 0.3) is 5.91 Å². The van der Waals surface area contributed by atoms with Crippen LogP contribution in [0.15, 0.2) is 53.4 Å². The van der Waals surface area contributed by atoms with E-state index in [2.05, 4.69) is 10.6 Å². The van der Waals surface area contributed by atoms with Gasteiger partial charge in [0.05, 0.1) is 17.6 Å². The summed E-state index contributed by atoms with van der Waals surface area (Å²) in [6.45, 7) is 4.65. The molecule has 0 bridgehead atoms. The molecule has 9 heteroatoms. The van der Waals surface area contributed by atoms with Crippen molar-refractivity contribution in [2.24, 2.45) is 5.92 Å². The highest BCUT2D eigenvalue weighted by molar-refractivity contribution is 7.89. The Morgan fingerprint density at radius 2 is 1.70 bits per heavy atom. The van der Waals surface area contributed by atoms with Crippen molar-refractivity contribution in [3.63, 3.8) is 0 Å². The standard InChI is InChI=1S/C24H31N3O5S/c1-17(2)22(26-23(28)20-12-5-6-13-21(20)32-3)24(29)25-18-10-9-11-19(16-18)33(30,31)27-14-7-4-8-15-27/h5-6,9-13,16-17,22H,4,7-8,14-15H2,1-3H3,(H,25,29)(H,26,28)/t22-/m0/s1. The van der Waals surface area contributed by atoms with E-state index in [0.29, 0.717) is 30.1 Å². The molecule has 33 heavy (non-hydrogen) atoms. The van der Waals surface area contributed by atoms with Gasteiger partial charge in [0.1, 0.15) is 11.8 Å². The van der Waals surface area contributed by atoms with Crippen molar-refractivity contribution in [3.05, 3.63) is 54.1 Å². The topological polar surface area (TPSA) is 105 Å². The zero-order valence-corrected chi connectivity index (χ0v) is 20.0. The molecule has 1 aliphatic rings. The molecule has 0 saturated carbocycles. The lowest BCUT2D eigenvalue weighted by molar-refractivity contribution is -0.118.